The van der Waals surface area contributed by atoms with E-state index in [4.69, 9.17) is 15.2 Å². The number of anilines is 1. The Kier molecular flexibility index (Phi) is 9.73. The number of benzene rings is 2. The van der Waals surface area contributed by atoms with Gasteiger partial charge in [-0.2, -0.15) is 0 Å². The smallest absolute Gasteiger partial charge is 0.338 e. The largest absolute Gasteiger partial charge is 0.456 e. The molecule has 0 atom stereocenters. The number of carbonyl (C=O) groups is 2. The fraction of sp³-hybridized carbons (Fsp3) is 0.294. The van der Waals surface area contributed by atoms with Crippen LogP contribution < -0.4 is 10.5 Å². The molecule has 0 saturated carbocycles. The maximum atomic E-state index is 12.1. The lowest BCUT2D eigenvalue weighted by atomic mass is 10.0. The van der Waals surface area contributed by atoms with E-state index >= 15 is 0 Å². The lowest BCUT2D eigenvalue weighted by Gasteiger charge is -2.19. The molecule has 0 aliphatic heterocycles. The Morgan fingerprint density at radius 3 is 1.79 bits per heavy atom. The minimum Gasteiger partial charge on any atom is -0.456 e. The van der Waals surface area contributed by atoms with Gasteiger partial charge in [0.2, 0.25) is 6.20 Å². The first kappa shape index (κ1) is 31.8. The van der Waals surface area contributed by atoms with Crippen LogP contribution in [0, 0.1) is 13.8 Å². The zero-order valence-electron chi connectivity index (χ0n) is 25.6. The fourth-order valence-electron chi connectivity index (χ4n) is 4.06. The summed E-state index contributed by atoms with van der Waals surface area (Å²) in [6.07, 6.45) is 1.56. The van der Waals surface area contributed by atoms with Crippen LogP contribution in [0.2, 0.25) is 0 Å². The Balaban J connectivity index is 0.000000230. The number of nitrogens with two attached hydrogens (primary N) is 1. The van der Waals surface area contributed by atoms with E-state index in [1.165, 1.54) is 0 Å². The van der Waals surface area contributed by atoms with Crippen LogP contribution in [0.15, 0.2) is 79.0 Å². The molecule has 4 aromatic rings. The highest BCUT2D eigenvalue weighted by Gasteiger charge is 2.21. The van der Waals surface area contributed by atoms with E-state index < -0.39 is 11.2 Å². The highest BCUT2D eigenvalue weighted by atomic mass is 16.6. The van der Waals surface area contributed by atoms with E-state index in [1.807, 2.05) is 85.7 Å². The summed E-state index contributed by atoms with van der Waals surface area (Å²) in [6.45, 7) is 14.9. The van der Waals surface area contributed by atoms with Crippen molar-refractivity contribution in [1.82, 2.24) is 4.98 Å². The molecule has 220 valence electrons. The van der Waals surface area contributed by atoms with Crippen LogP contribution in [0.25, 0.3) is 22.5 Å². The summed E-state index contributed by atoms with van der Waals surface area (Å²) in [5, 5.41) is 9.96. The Morgan fingerprint density at radius 1 is 0.738 bits per heavy atom. The molecule has 4 rings (SSSR count). The van der Waals surface area contributed by atoms with Crippen molar-refractivity contribution in [3.05, 3.63) is 101 Å². The summed E-state index contributed by atoms with van der Waals surface area (Å²) in [6, 6.07) is 21.6. The summed E-state index contributed by atoms with van der Waals surface area (Å²) in [5.74, 6) is -0.258. The highest BCUT2D eigenvalue weighted by Crippen LogP contribution is 2.25. The number of esters is 2. The third kappa shape index (κ3) is 8.89. The van der Waals surface area contributed by atoms with Gasteiger partial charge in [0.25, 0.3) is 5.69 Å². The van der Waals surface area contributed by atoms with E-state index in [-0.39, 0.29) is 11.9 Å². The van der Waals surface area contributed by atoms with Crippen molar-refractivity contribution in [3.63, 3.8) is 0 Å². The van der Waals surface area contributed by atoms with Crippen molar-refractivity contribution in [1.29, 1.82) is 0 Å². The van der Waals surface area contributed by atoms with Crippen LogP contribution in [0.3, 0.4) is 0 Å². The number of aromatic nitrogens is 2. The summed E-state index contributed by atoms with van der Waals surface area (Å²) in [7, 11) is 0. The molecule has 2 heterocycles. The lowest BCUT2D eigenvalue weighted by molar-refractivity contribution is -0.896. The van der Waals surface area contributed by atoms with Crippen LogP contribution in [0.4, 0.5) is 5.82 Å². The second kappa shape index (κ2) is 12.9. The third-order valence-corrected chi connectivity index (χ3v) is 5.84. The van der Waals surface area contributed by atoms with Gasteiger partial charge >= 0.3 is 11.9 Å². The monoisotopic (exact) mass is 570 g/mol. The first-order chi connectivity index (χ1) is 19.5. The van der Waals surface area contributed by atoms with E-state index in [1.54, 1.807) is 48.7 Å². The van der Waals surface area contributed by atoms with Crippen LogP contribution in [0.1, 0.15) is 73.4 Å². The van der Waals surface area contributed by atoms with Crippen molar-refractivity contribution in [2.24, 2.45) is 0 Å². The molecule has 0 fully saturated rings. The molecule has 2 aromatic heterocycles. The summed E-state index contributed by atoms with van der Waals surface area (Å²) in [4.78, 5) is 28.6. The van der Waals surface area contributed by atoms with Crippen molar-refractivity contribution in [2.75, 3.05) is 5.73 Å². The standard InChI is InChI=1S/C17H20N2O2.C17H20NO3/c1-11-8-9-14(18)19-15(11)12-6-5-7-13(10-12)16(20)21-17(2,3)4;1-12-7-6-10-18(20)15(12)13-8-5-9-14(11-13)16(19)21-17(2,3)4/h5-10H,1-4H3,(H2,18,19);5-11,20H,1-4H3/q;+1. The molecular weight excluding hydrogens is 530 g/mol. The van der Waals surface area contributed by atoms with Gasteiger partial charge in [-0.25, -0.2) is 14.6 Å². The maximum Gasteiger partial charge on any atom is 0.338 e. The summed E-state index contributed by atoms with van der Waals surface area (Å²) >= 11 is 0. The van der Waals surface area contributed by atoms with Crippen molar-refractivity contribution < 1.29 is 29.0 Å². The van der Waals surface area contributed by atoms with E-state index in [0.29, 0.717) is 22.6 Å². The first-order valence-electron chi connectivity index (χ1n) is 13.7. The molecule has 0 spiro atoms. The molecule has 42 heavy (non-hydrogen) atoms. The van der Waals surface area contributed by atoms with Crippen molar-refractivity contribution >= 4 is 17.8 Å². The molecule has 3 N–H and O–H groups in total. The predicted molar refractivity (Wildman–Crippen MR) is 163 cm³/mol. The van der Waals surface area contributed by atoms with Crippen molar-refractivity contribution in [3.8, 4) is 22.5 Å². The molecule has 0 unspecified atom stereocenters. The van der Waals surface area contributed by atoms with E-state index in [2.05, 4.69) is 4.98 Å². The van der Waals surface area contributed by atoms with Crippen LogP contribution in [0.5, 0.6) is 0 Å². The second-order valence-corrected chi connectivity index (χ2v) is 12.0. The number of aryl methyl sites for hydroxylation is 2. The predicted octanol–water partition coefficient (Wildman–Crippen LogP) is 6.74. The number of nitrogen functional groups attached to an aromatic ring is 1. The van der Waals surface area contributed by atoms with Gasteiger partial charge in [-0.15, -0.1) is 0 Å². The van der Waals surface area contributed by atoms with Gasteiger partial charge in [0.15, 0.2) is 0 Å². The number of nitrogens with zero attached hydrogens (tertiary/aromatic N) is 2. The Bertz CT molecular complexity index is 1560. The number of pyridine rings is 2. The van der Waals surface area contributed by atoms with Crippen LogP contribution >= 0.6 is 0 Å². The topological polar surface area (TPSA) is 116 Å². The molecule has 8 nitrogen and oxygen atoms in total. The number of hydrogen-bond acceptors (Lipinski definition) is 7. The first-order valence-corrected chi connectivity index (χ1v) is 13.7. The van der Waals surface area contributed by atoms with Gasteiger partial charge in [-0.3, -0.25) is 5.21 Å². The normalized spacial score (nSPS) is 11.2. The number of hydrogen-bond donors (Lipinski definition) is 2. The molecule has 0 aliphatic rings. The SMILES string of the molecule is Cc1ccc(N)nc1-c1cccc(C(=O)OC(C)(C)C)c1.Cc1ccc[n+](O)c1-c1cccc(C(=O)OC(C)(C)C)c1. The van der Waals surface area contributed by atoms with Gasteiger partial charge in [0, 0.05) is 21.9 Å². The quantitative estimate of drug-likeness (QED) is 0.159. The number of carbonyl (C=O) groups excluding carboxylic acids is 2. The summed E-state index contributed by atoms with van der Waals surface area (Å²) < 4.78 is 11.8. The molecule has 8 heteroatoms. The van der Waals surface area contributed by atoms with Gasteiger partial charge in [0.1, 0.15) is 17.0 Å². The minimum atomic E-state index is -0.535. The molecule has 0 aliphatic carbocycles. The van der Waals surface area contributed by atoms with Gasteiger partial charge in [-0.1, -0.05) is 24.3 Å². The average Bonchev–Trinajstić information content (AvgIpc) is 2.89. The third-order valence-electron chi connectivity index (χ3n) is 5.84. The van der Waals surface area contributed by atoms with Gasteiger partial charge in [-0.05, 0) is 103 Å². The molecule has 2 aromatic carbocycles. The number of rotatable bonds is 4. The van der Waals surface area contributed by atoms with Gasteiger partial charge < -0.3 is 15.2 Å². The summed E-state index contributed by atoms with van der Waals surface area (Å²) in [5.41, 5.74) is 10.6. The van der Waals surface area contributed by atoms with Crippen molar-refractivity contribution in [2.45, 2.75) is 66.6 Å². The van der Waals surface area contributed by atoms with E-state index in [9.17, 15) is 14.8 Å². The zero-order chi connectivity index (χ0) is 31.2. The van der Waals surface area contributed by atoms with Gasteiger partial charge in [0.05, 0.1) is 22.4 Å². The minimum absolute atomic E-state index is 0.342. The van der Waals surface area contributed by atoms with Crippen LogP contribution in [-0.2, 0) is 9.47 Å². The Labute approximate surface area is 247 Å². The van der Waals surface area contributed by atoms with Crippen LogP contribution in [-0.4, -0.2) is 33.3 Å². The highest BCUT2D eigenvalue weighted by molar-refractivity contribution is 5.92. The Hall–Kier alpha value is -4.72. The van der Waals surface area contributed by atoms with E-state index in [0.717, 1.165) is 32.7 Å². The lowest BCUT2D eigenvalue weighted by Crippen LogP contribution is -2.33. The fourth-order valence-corrected chi connectivity index (χ4v) is 4.06. The zero-order valence-corrected chi connectivity index (χ0v) is 25.6. The average molecular weight is 571 g/mol. The molecular formula is C34H40N3O5+. The second-order valence-electron chi connectivity index (χ2n) is 12.0. The molecule has 0 bridgehead atoms. The molecule has 0 radical (unpaired) electrons. The Morgan fingerprint density at radius 2 is 1.26 bits per heavy atom. The molecule has 0 amide bonds. The molecule has 0 saturated heterocycles. The number of ether oxygens (including phenoxy) is 2. The maximum absolute atomic E-state index is 12.1.